The van der Waals surface area contributed by atoms with Gasteiger partial charge in [-0.15, -0.1) is 0 Å². The zero-order valence-corrected chi connectivity index (χ0v) is 11.3. The molecule has 0 fully saturated rings. The van der Waals surface area contributed by atoms with E-state index in [-0.39, 0.29) is 6.61 Å². The summed E-state index contributed by atoms with van der Waals surface area (Å²) in [5, 5.41) is 9.84. The van der Waals surface area contributed by atoms with Gasteiger partial charge in [0.25, 0.3) is 0 Å². The third-order valence-electron chi connectivity index (χ3n) is 2.54. The van der Waals surface area contributed by atoms with E-state index < -0.39 is 5.60 Å². The molecule has 90 valence electrons. The third-order valence-corrected chi connectivity index (χ3v) is 3.04. The van der Waals surface area contributed by atoms with E-state index >= 15 is 0 Å². The van der Waals surface area contributed by atoms with Crippen LogP contribution in [0.5, 0.6) is 5.75 Å². The van der Waals surface area contributed by atoms with Crippen LogP contribution < -0.4 is 10.5 Å². The van der Waals surface area contributed by atoms with E-state index in [0.29, 0.717) is 13.0 Å². The summed E-state index contributed by atoms with van der Waals surface area (Å²) in [5.41, 5.74) is 5.77. The van der Waals surface area contributed by atoms with Crippen molar-refractivity contribution in [3.8, 4) is 5.75 Å². The standard InChI is InChI=1S/C12H18BrNO2/c1-3-12(2,15)8-16-11-5-4-10(13)6-9(11)7-14/h4-6,15H,3,7-8,14H2,1-2H3. The molecule has 1 unspecified atom stereocenters. The van der Waals surface area contributed by atoms with Gasteiger partial charge in [0.15, 0.2) is 0 Å². The minimum absolute atomic E-state index is 0.276. The SMILES string of the molecule is CCC(C)(O)COc1ccc(Br)cc1CN. The molecule has 0 saturated heterocycles. The summed E-state index contributed by atoms with van der Waals surface area (Å²) in [5.74, 6) is 0.736. The molecule has 0 amide bonds. The topological polar surface area (TPSA) is 55.5 Å². The van der Waals surface area contributed by atoms with Crippen molar-refractivity contribution in [2.75, 3.05) is 6.61 Å². The van der Waals surface area contributed by atoms with Gasteiger partial charge in [0.05, 0.1) is 5.60 Å². The minimum atomic E-state index is -0.793. The highest BCUT2D eigenvalue weighted by Gasteiger charge is 2.19. The average molecular weight is 288 g/mol. The third kappa shape index (κ3) is 3.77. The largest absolute Gasteiger partial charge is 0.490 e. The Morgan fingerprint density at radius 3 is 2.75 bits per heavy atom. The molecule has 0 aliphatic carbocycles. The van der Waals surface area contributed by atoms with Crippen molar-refractivity contribution in [2.24, 2.45) is 5.73 Å². The zero-order chi connectivity index (χ0) is 12.2. The Hall–Kier alpha value is -0.580. The van der Waals surface area contributed by atoms with Crippen molar-refractivity contribution in [2.45, 2.75) is 32.4 Å². The monoisotopic (exact) mass is 287 g/mol. The molecule has 16 heavy (non-hydrogen) atoms. The first-order valence-corrected chi connectivity index (χ1v) is 6.11. The van der Waals surface area contributed by atoms with Gasteiger partial charge >= 0.3 is 0 Å². The number of ether oxygens (including phenoxy) is 1. The Kier molecular flexibility index (Phi) is 4.77. The summed E-state index contributed by atoms with van der Waals surface area (Å²) in [6, 6.07) is 5.68. The maximum Gasteiger partial charge on any atom is 0.124 e. The van der Waals surface area contributed by atoms with Crippen molar-refractivity contribution < 1.29 is 9.84 Å². The van der Waals surface area contributed by atoms with Crippen LogP contribution in [0.15, 0.2) is 22.7 Å². The number of rotatable bonds is 5. The molecular formula is C12H18BrNO2. The molecule has 0 bridgehead atoms. The molecule has 1 atom stereocenters. The molecular weight excluding hydrogens is 270 g/mol. The van der Waals surface area contributed by atoms with E-state index in [2.05, 4.69) is 15.9 Å². The molecule has 1 rings (SSSR count). The number of nitrogens with two attached hydrogens (primary N) is 1. The Bertz CT molecular complexity index is 353. The van der Waals surface area contributed by atoms with Gasteiger partial charge in [0, 0.05) is 16.6 Å². The van der Waals surface area contributed by atoms with Crippen LogP contribution in [0.25, 0.3) is 0 Å². The van der Waals surface area contributed by atoms with E-state index in [0.717, 1.165) is 15.8 Å². The van der Waals surface area contributed by atoms with Crippen molar-refractivity contribution in [1.82, 2.24) is 0 Å². The molecule has 0 spiro atoms. The second-order valence-electron chi connectivity index (χ2n) is 4.10. The van der Waals surface area contributed by atoms with E-state index in [1.54, 1.807) is 6.92 Å². The smallest absolute Gasteiger partial charge is 0.124 e. The van der Waals surface area contributed by atoms with Crippen LogP contribution in [-0.4, -0.2) is 17.3 Å². The van der Waals surface area contributed by atoms with Gasteiger partial charge in [-0.1, -0.05) is 22.9 Å². The fourth-order valence-corrected chi connectivity index (χ4v) is 1.59. The Balaban J connectivity index is 2.74. The van der Waals surface area contributed by atoms with E-state index in [4.69, 9.17) is 10.5 Å². The average Bonchev–Trinajstić information content (AvgIpc) is 2.27. The Morgan fingerprint density at radius 2 is 2.19 bits per heavy atom. The molecule has 0 aliphatic rings. The second kappa shape index (κ2) is 5.66. The van der Waals surface area contributed by atoms with Crippen LogP contribution in [0, 0.1) is 0 Å². The predicted octanol–water partition coefficient (Wildman–Crippen LogP) is 2.45. The highest BCUT2D eigenvalue weighted by atomic mass is 79.9. The predicted molar refractivity (Wildman–Crippen MR) is 68.4 cm³/mol. The summed E-state index contributed by atoms with van der Waals surface area (Å²) in [6.07, 6.45) is 0.654. The van der Waals surface area contributed by atoms with Crippen LogP contribution in [0.3, 0.4) is 0 Å². The normalized spacial score (nSPS) is 14.6. The van der Waals surface area contributed by atoms with Crippen LogP contribution in [-0.2, 0) is 6.54 Å². The number of benzene rings is 1. The first kappa shape index (κ1) is 13.5. The molecule has 0 saturated carbocycles. The van der Waals surface area contributed by atoms with Gasteiger partial charge in [-0.3, -0.25) is 0 Å². The summed E-state index contributed by atoms with van der Waals surface area (Å²) in [7, 11) is 0. The lowest BCUT2D eigenvalue weighted by Gasteiger charge is -2.22. The Labute approximate surface area is 105 Å². The van der Waals surface area contributed by atoms with Crippen LogP contribution in [0.1, 0.15) is 25.8 Å². The Morgan fingerprint density at radius 1 is 1.50 bits per heavy atom. The van der Waals surface area contributed by atoms with Gasteiger partial charge in [0.1, 0.15) is 12.4 Å². The summed E-state index contributed by atoms with van der Waals surface area (Å²) in [6.45, 7) is 4.38. The van der Waals surface area contributed by atoms with Gasteiger partial charge in [-0.2, -0.15) is 0 Å². The molecule has 3 N–H and O–H groups in total. The van der Waals surface area contributed by atoms with Gasteiger partial charge in [-0.05, 0) is 31.5 Å². The lowest BCUT2D eigenvalue weighted by molar-refractivity contribution is 0.00819. The molecule has 0 aliphatic heterocycles. The first-order valence-electron chi connectivity index (χ1n) is 5.32. The van der Waals surface area contributed by atoms with Crippen LogP contribution in [0.2, 0.25) is 0 Å². The number of halogens is 1. The van der Waals surface area contributed by atoms with Crippen LogP contribution >= 0.6 is 15.9 Å². The molecule has 4 heteroatoms. The lowest BCUT2D eigenvalue weighted by atomic mass is 10.1. The van der Waals surface area contributed by atoms with E-state index in [9.17, 15) is 5.11 Å². The highest BCUT2D eigenvalue weighted by molar-refractivity contribution is 9.10. The molecule has 1 aromatic carbocycles. The minimum Gasteiger partial charge on any atom is -0.490 e. The van der Waals surface area contributed by atoms with Gasteiger partial charge < -0.3 is 15.6 Å². The number of hydrogen-bond acceptors (Lipinski definition) is 3. The fraction of sp³-hybridized carbons (Fsp3) is 0.500. The molecule has 0 aromatic heterocycles. The number of aliphatic hydroxyl groups is 1. The maximum atomic E-state index is 9.84. The van der Waals surface area contributed by atoms with Crippen molar-refractivity contribution in [3.05, 3.63) is 28.2 Å². The summed E-state index contributed by atoms with van der Waals surface area (Å²) in [4.78, 5) is 0. The fourth-order valence-electron chi connectivity index (χ4n) is 1.18. The van der Waals surface area contributed by atoms with Crippen molar-refractivity contribution >= 4 is 15.9 Å². The first-order chi connectivity index (χ1) is 7.48. The van der Waals surface area contributed by atoms with Gasteiger partial charge in [-0.25, -0.2) is 0 Å². The number of hydrogen-bond donors (Lipinski definition) is 2. The summed E-state index contributed by atoms with van der Waals surface area (Å²) < 4.78 is 6.56. The van der Waals surface area contributed by atoms with Crippen LogP contribution in [0.4, 0.5) is 0 Å². The van der Waals surface area contributed by atoms with E-state index in [1.165, 1.54) is 0 Å². The van der Waals surface area contributed by atoms with Crippen molar-refractivity contribution in [1.29, 1.82) is 0 Å². The molecule has 0 heterocycles. The maximum absolute atomic E-state index is 9.84. The lowest BCUT2D eigenvalue weighted by Crippen LogP contribution is -2.31. The van der Waals surface area contributed by atoms with E-state index in [1.807, 2.05) is 25.1 Å². The molecule has 1 aromatic rings. The van der Waals surface area contributed by atoms with Gasteiger partial charge in [0.2, 0.25) is 0 Å². The second-order valence-corrected chi connectivity index (χ2v) is 5.01. The zero-order valence-electron chi connectivity index (χ0n) is 9.66. The molecule has 3 nitrogen and oxygen atoms in total. The summed E-state index contributed by atoms with van der Waals surface area (Å²) >= 11 is 3.38. The molecule has 0 radical (unpaired) electrons. The van der Waals surface area contributed by atoms with Crippen molar-refractivity contribution in [3.63, 3.8) is 0 Å². The quantitative estimate of drug-likeness (QED) is 0.875. The highest BCUT2D eigenvalue weighted by Crippen LogP contribution is 2.24.